The van der Waals surface area contributed by atoms with Gasteiger partial charge in [-0.1, -0.05) is 30.3 Å². The van der Waals surface area contributed by atoms with E-state index < -0.39 is 0 Å². The molecule has 0 atom stereocenters. The van der Waals surface area contributed by atoms with Gasteiger partial charge < -0.3 is 0 Å². The smallest absolute Gasteiger partial charge is 0.107 e. The minimum atomic E-state index is 0.545. The second kappa shape index (κ2) is 3.95. The number of allylic oxidation sites excluding steroid dienone is 1. The van der Waals surface area contributed by atoms with E-state index in [4.69, 9.17) is 5.26 Å². The van der Waals surface area contributed by atoms with Crippen LogP contribution in [0.2, 0.25) is 0 Å². The molecule has 0 aliphatic carbocycles. The molecule has 1 aromatic carbocycles. The number of nitriles is 1. The molecular formula is C9H6BrN. The van der Waals surface area contributed by atoms with Gasteiger partial charge in [-0.2, -0.15) is 5.26 Å². The SMILES string of the molecule is N#CC(Br)=Cc1ccccc1. The Morgan fingerprint density at radius 2 is 2.00 bits per heavy atom. The van der Waals surface area contributed by atoms with Crippen LogP contribution in [0.15, 0.2) is 34.8 Å². The van der Waals surface area contributed by atoms with Crippen molar-refractivity contribution in [3.05, 3.63) is 40.4 Å². The molecule has 0 amide bonds. The number of nitrogens with zero attached hydrogens (tertiary/aromatic N) is 1. The number of hydrogen-bond acceptors (Lipinski definition) is 1. The van der Waals surface area contributed by atoms with Gasteiger partial charge >= 0.3 is 0 Å². The predicted octanol–water partition coefficient (Wildman–Crippen LogP) is 2.95. The van der Waals surface area contributed by atoms with Crippen molar-refractivity contribution in [2.45, 2.75) is 0 Å². The van der Waals surface area contributed by atoms with Crippen molar-refractivity contribution in [2.75, 3.05) is 0 Å². The summed E-state index contributed by atoms with van der Waals surface area (Å²) in [5.41, 5.74) is 1.03. The summed E-state index contributed by atoms with van der Waals surface area (Å²) in [5.74, 6) is 0. The predicted molar refractivity (Wildman–Crippen MR) is 49.0 cm³/mol. The lowest BCUT2D eigenvalue weighted by Crippen LogP contribution is -1.69. The van der Waals surface area contributed by atoms with Crippen LogP contribution < -0.4 is 0 Å². The van der Waals surface area contributed by atoms with Gasteiger partial charge in [-0.3, -0.25) is 0 Å². The molecule has 0 aliphatic heterocycles. The monoisotopic (exact) mass is 207 g/mol. The Balaban J connectivity index is 2.90. The van der Waals surface area contributed by atoms with E-state index in [-0.39, 0.29) is 0 Å². The van der Waals surface area contributed by atoms with Gasteiger partial charge in [-0.25, -0.2) is 0 Å². The maximum atomic E-state index is 8.43. The zero-order valence-electron chi connectivity index (χ0n) is 5.79. The summed E-state index contributed by atoms with van der Waals surface area (Å²) in [6.45, 7) is 0. The van der Waals surface area contributed by atoms with Gasteiger partial charge in [0.25, 0.3) is 0 Å². The van der Waals surface area contributed by atoms with Crippen LogP contribution in [0.1, 0.15) is 5.56 Å². The zero-order chi connectivity index (χ0) is 8.10. The Morgan fingerprint density at radius 3 is 2.55 bits per heavy atom. The highest BCUT2D eigenvalue weighted by Crippen LogP contribution is 2.09. The van der Waals surface area contributed by atoms with Crippen molar-refractivity contribution in [3.8, 4) is 6.07 Å². The molecule has 2 heteroatoms. The fraction of sp³-hybridized carbons (Fsp3) is 0. The minimum Gasteiger partial charge on any atom is -0.192 e. The highest BCUT2D eigenvalue weighted by atomic mass is 79.9. The largest absolute Gasteiger partial charge is 0.192 e. The first kappa shape index (κ1) is 8.03. The summed E-state index contributed by atoms with van der Waals surface area (Å²) in [6.07, 6.45) is 1.78. The first-order chi connectivity index (χ1) is 5.33. The van der Waals surface area contributed by atoms with Crippen LogP contribution in [0.3, 0.4) is 0 Å². The van der Waals surface area contributed by atoms with Gasteiger partial charge in [-0.15, -0.1) is 0 Å². The molecule has 0 saturated carbocycles. The van der Waals surface area contributed by atoms with E-state index in [1.54, 1.807) is 6.08 Å². The van der Waals surface area contributed by atoms with E-state index in [2.05, 4.69) is 15.9 Å². The van der Waals surface area contributed by atoms with Gasteiger partial charge in [0.05, 0.1) is 4.48 Å². The average Bonchev–Trinajstić information content (AvgIpc) is 2.06. The Hall–Kier alpha value is -1.07. The number of rotatable bonds is 1. The maximum absolute atomic E-state index is 8.43. The van der Waals surface area contributed by atoms with Gasteiger partial charge in [0.15, 0.2) is 0 Å². The lowest BCUT2D eigenvalue weighted by molar-refractivity contribution is 1.53. The summed E-state index contributed by atoms with van der Waals surface area (Å²) >= 11 is 3.11. The molecule has 0 fully saturated rings. The van der Waals surface area contributed by atoms with E-state index in [0.717, 1.165) is 5.56 Å². The molecule has 11 heavy (non-hydrogen) atoms. The Morgan fingerprint density at radius 1 is 1.36 bits per heavy atom. The van der Waals surface area contributed by atoms with Crippen LogP contribution in [-0.4, -0.2) is 0 Å². The van der Waals surface area contributed by atoms with Crippen molar-refractivity contribution >= 4 is 22.0 Å². The highest BCUT2D eigenvalue weighted by molar-refractivity contribution is 9.12. The summed E-state index contributed by atoms with van der Waals surface area (Å²) in [5, 5.41) is 8.43. The first-order valence-corrected chi connectivity index (χ1v) is 3.94. The average molecular weight is 208 g/mol. The van der Waals surface area contributed by atoms with Gasteiger partial charge in [0, 0.05) is 0 Å². The molecule has 1 nitrogen and oxygen atoms in total. The molecule has 0 radical (unpaired) electrons. The van der Waals surface area contributed by atoms with E-state index in [1.807, 2.05) is 36.4 Å². The van der Waals surface area contributed by atoms with Crippen LogP contribution in [-0.2, 0) is 0 Å². The Kier molecular flexibility index (Phi) is 2.88. The lowest BCUT2D eigenvalue weighted by Gasteiger charge is -1.89. The third-order valence-corrected chi connectivity index (χ3v) is 1.61. The van der Waals surface area contributed by atoms with E-state index >= 15 is 0 Å². The third-order valence-electron chi connectivity index (χ3n) is 1.20. The molecule has 0 aliphatic rings. The fourth-order valence-corrected chi connectivity index (χ4v) is 0.992. The number of benzene rings is 1. The van der Waals surface area contributed by atoms with E-state index in [1.165, 1.54) is 0 Å². The Bertz CT molecular complexity index is 295. The highest BCUT2D eigenvalue weighted by Gasteiger charge is 1.87. The van der Waals surface area contributed by atoms with Gasteiger partial charge in [0.2, 0.25) is 0 Å². The topological polar surface area (TPSA) is 23.8 Å². The molecule has 0 N–H and O–H groups in total. The standard InChI is InChI=1S/C9H6BrN/c10-9(7-11)6-8-4-2-1-3-5-8/h1-6H. The minimum absolute atomic E-state index is 0.545. The van der Waals surface area contributed by atoms with E-state index in [0.29, 0.717) is 4.48 Å². The van der Waals surface area contributed by atoms with Crippen molar-refractivity contribution in [3.63, 3.8) is 0 Å². The molecule has 0 bridgehead atoms. The number of hydrogen-bond donors (Lipinski definition) is 0. The summed E-state index contributed by atoms with van der Waals surface area (Å²) in [4.78, 5) is 0. The second-order valence-corrected chi connectivity index (χ2v) is 2.87. The van der Waals surface area contributed by atoms with Crippen molar-refractivity contribution in [2.24, 2.45) is 0 Å². The number of halogens is 1. The van der Waals surface area contributed by atoms with Crippen LogP contribution >= 0.6 is 15.9 Å². The maximum Gasteiger partial charge on any atom is 0.107 e. The second-order valence-electron chi connectivity index (χ2n) is 2.01. The first-order valence-electron chi connectivity index (χ1n) is 3.15. The van der Waals surface area contributed by atoms with Gasteiger partial charge in [-0.05, 0) is 27.6 Å². The molecule has 54 valence electrons. The molecule has 0 aromatic heterocycles. The van der Waals surface area contributed by atoms with E-state index in [9.17, 15) is 0 Å². The lowest BCUT2D eigenvalue weighted by atomic mass is 10.2. The van der Waals surface area contributed by atoms with Gasteiger partial charge in [0.1, 0.15) is 6.07 Å². The van der Waals surface area contributed by atoms with Crippen LogP contribution in [0, 0.1) is 11.3 Å². The molecule has 0 spiro atoms. The van der Waals surface area contributed by atoms with Crippen molar-refractivity contribution < 1.29 is 0 Å². The van der Waals surface area contributed by atoms with Crippen molar-refractivity contribution in [1.82, 2.24) is 0 Å². The quantitative estimate of drug-likeness (QED) is 0.651. The van der Waals surface area contributed by atoms with Crippen LogP contribution in [0.5, 0.6) is 0 Å². The molecule has 1 aromatic rings. The zero-order valence-corrected chi connectivity index (χ0v) is 7.38. The normalized spacial score (nSPS) is 10.7. The van der Waals surface area contributed by atoms with Crippen LogP contribution in [0.25, 0.3) is 6.08 Å². The molecule has 0 saturated heterocycles. The van der Waals surface area contributed by atoms with Crippen LogP contribution in [0.4, 0.5) is 0 Å². The summed E-state index contributed by atoms with van der Waals surface area (Å²) < 4.78 is 0.545. The molecule has 0 heterocycles. The molecule has 0 unspecified atom stereocenters. The molecule has 1 rings (SSSR count). The molecular weight excluding hydrogens is 202 g/mol. The summed E-state index contributed by atoms with van der Waals surface area (Å²) in [7, 11) is 0. The third kappa shape index (κ3) is 2.57. The summed E-state index contributed by atoms with van der Waals surface area (Å²) in [6, 6.07) is 11.7. The Labute approximate surface area is 74.1 Å². The van der Waals surface area contributed by atoms with Crippen molar-refractivity contribution in [1.29, 1.82) is 5.26 Å². The fourth-order valence-electron chi connectivity index (χ4n) is 0.728.